The lowest BCUT2D eigenvalue weighted by molar-refractivity contribution is 0.415. The summed E-state index contributed by atoms with van der Waals surface area (Å²) in [6, 6.07) is 13.9. The number of sulfonamides is 1. The van der Waals surface area contributed by atoms with Crippen LogP contribution >= 0.6 is 0 Å². The fraction of sp³-hybridized carbons (Fsp3) is 0.235. The van der Waals surface area contributed by atoms with Crippen LogP contribution in [0, 0.1) is 12.3 Å². The van der Waals surface area contributed by atoms with Crippen molar-refractivity contribution in [1.29, 1.82) is 5.41 Å². The summed E-state index contributed by atoms with van der Waals surface area (Å²) in [6.07, 6.45) is 0. The van der Waals surface area contributed by atoms with E-state index in [0.29, 0.717) is 18.0 Å². The first-order chi connectivity index (χ1) is 11.4. The van der Waals surface area contributed by atoms with Crippen molar-refractivity contribution in [3.8, 4) is 5.75 Å². The zero-order chi connectivity index (χ0) is 17.3. The first-order valence-corrected chi connectivity index (χ1v) is 8.97. The van der Waals surface area contributed by atoms with Crippen molar-refractivity contribution < 1.29 is 13.2 Å². The van der Waals surface area contributed by atoms with Gasteiger partial charge in [0.2, 0.25) is 5.96 Å². The molecule has 2 aromatic carbocycles. The molecule has 0 amide bonds. The molecule has 7 heteroatoms. The molecule has 1 aliphatic heterocycles. The zero-order valence-corrected chi connectivity index (χ0v) is 14.4. The van der Waals surface area contributed by atoms with E-state index in [9.17, 15) is 8.42 Å². The number of aryl methyl sites for hydroxylation is 1. The Balaban J connectivity index is 1.92. The maximum Gasteiger partial charge on any atom is 0.266 e. The second kappa shape index (κ2) is 6.16. The van der Waals surface area contributed by atoms with E-state index in [2.05, 4.69) is 0 Å². The molecule has 1 saturated heterocycles. The number of methoxy groups -OCH3 is 1. The summed E-state index contributed by atoms with van der Waals surface area (Å²) in [6.45, 7) is 2.54. The SMILES string of the molecule is COc1ccccc1N1CCN(S(=O)(=O)c2ccc(C)cc2)C1=N. The van der Waals surface area contributed by atoms with Crippen LogP contribution in [0.2, 0.25) is 0 Å². The number of rotatable bonds is 4. The normalized spacial score (nSPS) is 15.0. The van der Waals surface area contributed by atoms with Crippen LogP contribution in [0.15, 0.2) is 53.4 Å². The molecule has 3 rings (SSSR count). The summed E-state index contributed by atoms with van der Waals surface area (Å²) < 4.78 is 32.1. The number of nitrogens with zero attached hydrogens (tertiary/aromatic N) is 2. The molecule has 0 saturated carbocycles. The quantitative estimate of drug-likeness (QED) is 0.924. The summed E-state index contributed by atoms with van der Waals surface area (Å²) in [5.41, 5.74) is 1.67. The van der Waals surface area contributed by atoms with Crippen LogP contribution in [0.3, 0.4) is 0 Å². The number of nitrogens with one attached hydrogen (secondary N) is 1. The van der Waals surface area contributed by atoms with Gasteiger partial charge in [-0.25, -0.2) is 12.7 Å². The lowest BCUT2D eigenvalue weighted by Gasteiger charge is -2.23. The summed E-state index contributed by atoms with van der Waals surface area (Å²) >= 11 is 0. The number of ether oxygens (including phenoxy) is 1. The molecule has 0 radical (unpaired) electrons. The highest BCUT2D eigenvalue weighted by Crippen LogP contribution is 2.31. The third kappa shape index (κ3) is 2.71. The molecule has 0 aromatic heterocycles. The van der Waals surface area contributed by atoms with E-state index in [1.54, 1.807) is 42.3 Å². The Morgan fingerprint density at radius 1 is 1.04 bits per heavy atom. The van der Waals surface area contributed by atoms with Crippen LogP contribution in [-0.4, -0.2) is 38.9 Å². The van der Waals surface area contributed by atoms with E-state index < -0.39 is 10.0 Å². The molecule has 0 bridgehead atoms. The Morgan fingerprint density at radius 3 is 2.38 bits per heavy atom. The van der Waals surface area contributed by atoms with Crippen molar-refractivity contribution in [3.05, 3.63) is 54.1 Å². The lowest BCUT2D eigenvalue weighted by atomic mass is 10.2. The Kier molecular flexibility index (Phi) is 4.19. The number of guanidine groups is 1. The largest absolute Gasteiger partial charge is 0.495 e. The second-order valence-electron chi connectivity index (χ2n) is 5.54. The molecule has 1 heterocycles. The van der Waals surface area contributed by atoms with Gasteiger partial charge in [-0.05, 0) is 31.2 Å². The number of para-hydroxylation sites is 2. The second-order valence-corrected chi connectivity index (χ2v) is 7.40. The summed E-state index contributed by atoms with van der Waals surface area (Å²) in [5.74, 6) is 0.539. The van der Waals surface area contributed by atoms with Crippen LogP contribution in [0.4, 0.5) is 5.69 Å². The minimum atomic E-state index is -3.74. The number of hydrogen-bond acceptors (Lipinski definition) is 4. The highest BCUT2D eigenvalue weighted by Gasteiger charge is 2.36. The van der Waals surface area contributed by atoms with Crippen LogP contribution in [0.5, 0.6) is 5.75 Å². The summed E-state index contributed by atoms with van der Waals surface area (Å²) in [4.78, 5) is 1.84. The number of hydrogen-bond donors (Lipinski definition) is 1. The van der Waals surface area contributed by atoms with Crippen molar-refractivity contribution in [1.82, 2.24) is 4.31 Å². The van der Waals surface area contributed by atoms with E-state index in [1.165, 1.54) is 0 Å². The van der Waals surface area contributed by atoms with Gasteiger partial charge in [0.05, 0.1) is 24.2 Å². The van der Waals surface area contributed by atoms with Gasteiger partial charge in [-0.2, -0.15) is 0 Å². The zero-order valence-electron chi connectivity index (χ0n) is 13.6. The van der Waals surface area contributed by atoms with Gasteiger partial charge in [-0.15, -0.1) is 0 Å². The predicted molar refractivity (Wildman–Crippen MR) is 93.1 cm³/mol. The van der Waals surface area contributed by atoms with Gasteiger partial charge in [0, 0.05) is 6.54 Å². The average Bonchev–Trinajstić information content (AvgIpc) is 2.97. The molecule has 24 heavy (non-hydrogen) atoms. The first-order valence-electron chi connectivity index (χ1n) is 7.53. The summed E-state index contributed by atoms with van der Waals surface area (Å²) in [5, 5.41) is 8.34. The van der Waals surface area contributed by atoms with E-state index in [1.807, 2.05) is 25.1 Å². The third-order valence-electron chi connectivity index (χ3n) is 4.00. The van der Waals surface area contributed by atoms with Gasteiger partial charge in [-0.3, -0.25) is 5.41 Å². The van der Waals surface area contributed by atoms with Crippen LogP contribution in [0.25, 0.3) is 0 Å². The molecule has 1 fully saturated rings. The van der Waals surface area contributed by atoms with Crippen molar-refractivity contribution in [2.24, 2.45) is 0 Å². The predicted octanol–water partition coefficient (Wildman–Crippen LogP) is 2.45. The molecule has 0 unspecified atom stereocenters. The minimum absolute atomic E-state index is 0.0694. The average molecular weight is 345 g/mol. The van der Waals surface area contributed by atoms with Crippen molar-refractivity contribution in [2.45, 2.75) is 11.8 Å². The Hall–Kier alpha value is -2.54. The van der Waals surface area contributed by atoms with Gasteiger partial charge in [-0.1, -0.05) is 29.8 Å². The molecule has 126 valence electrons. The molecule has 1 aliphatic rings. The van der Waals surface area contributed by atoms with E-state index in [-0.39, 0.29) is 17.4 Å². The molecule has 2 aromatic rings. The molecule has 0 spiro atoms. The first kappa shape index (κ1) is 16.3. The van der Waals surface area contributed by atoms with Gasteiger partial charge in [0.25, 0.3) is 10.0 Å². The molecule has 6 nitrogen and oxygen atoms in total. The Labute approximate surface area is 141 Å². The van der Waals surface area contributed by atoms with E-state index in [0.717, 1.165) is 9.87 Å². The fourth-order valence-corrected chi connectivity index (χ4v) is 4.08. The fourth-order valence-electron chi connectivity index (χ4n) is 2.70. The molecular formula is C17H19N3O3S. The monoisotopic (exact) mass is 345 g/mol. The third-order valence-corrected chi connectivity index (χ3v) is 5.81. The van der Waals surface area contributed by atoms with Gasteiger partial charge >= 0.3 is 0 Å². The Morgan fingerprint density at radius 2 is 1.71 bits per heavy atom. The van der Waals surface area contributed by atoms with Crippen LogP contribution < -0.4 is 9.64 Å². The Bertz CT molecular complexity index is 863. The van der Waals surface area contributed by atoms with Crippen molar-refractivity contribution in [3.63, 3.8) is 0 Å². The van der Waals surface area contributed by atoms with Gasteiger partial charge < -0.3 is 9.64 Å². The van der Waals surface area contributed by atoms with Crippen molar-refractivity contribution in [2.75, 3.05) is 25.1 Å². The topological polar surface area (TPSA) is 73.7 Å². The molecule has 0 aliphatic carbocycles. The van der Waals surface area contributed by atoms with Crippen LogP contribution in [-0.2, 0) is 10.0 Å². The molecule has 0 atom stereocenters. The standard InChI is InChI=1S/C17H19N3O3S/c1-13-7-9-14(10-8-13)24(21,22)20-12-11-19(17(20)18)15-5-3-4-6-16(15)23-2/h3-10,18H,11-12H2,1-2H3. The van der Waals surface area contributed by atoms with Gasteiger partial charge in [0.15, 0.2) is 0 Å². The van der Waals surface area contributed by atoms with Gasteiger partial charge in [0.1, 0.15) is 5.75 Å². The maximum absolute atomic E-state index is 12.8. The smallest absolute Gasteiger partial charge is 0.266 e. The molecule has 1 N–H and O–H groups in total. The summed E-state index contributed by atoms with van der Waals surface area (Å²) in [7, 11) is -2.18. The minimum Gasteiger partial charge on any atom is -0.495 e. The number of anilines is 1. The van der Waals surface area contributed by atoms with Crippen LogP contribution in [0.1, 0.15) is 5.56 Å². The highest BCUT2D eigenvalue weighted by atomic mass is 32.2. The van der Waals surface area contributed by atoms with E-state index in [4.69, 9.17) is 10.1 Å². The van der Waals surface area contributed by atoms with Crippen molar-refractivity contribution >= 4 is 21.7 Å². The number of benzene rings is 2. The lowest BCUT2D eigenvalue weighted by Crippen LogP contribution is -2.37. The maximum atomic E-state index is 12.8. The highest BCUT2D eigenvalue weighted by molar-refractivity contribution is 7.89. The molecular weight excluding hydrogens is 326 g/mol. The van der Waals surface area contributed by atoms with E-state index >= 15 is 0 Å².